The minimum absolute atomic E-state index is 0.0761. The molecular weight excluding hydrogens is 334 g/mol. The van der Waals surface area contributed by atoms with Gasteiger partial charge < -0.3 is 10.1 Å². The zero-order chi connectivity index (χ0) is 18.7. The monoisotopic (exact) mass is 359 g/mol. The summed E-state index contributed by atoms with van der Waals surface area (Å²) in [5, 5.41) is 3.76. The lowest BCUT2D eigenvalue weighted by Crippen LogP contribution is -2.38. The van der Waals surface area contributed by atoms with Crippen LogP contribution < -0.4 is 10.1 Å². The number of carbonyl (C=O) groups excluding carboxylic acids is 1. The number of rotatable bonds is 5. The van der Waals surface area contributed by atoms with E-state index < -0.39 is 6.10 Å². The predicted molar refractivity (Wildman–Crippen MR) is 103 cm³/mol. The first-order valence-corrected chi connectivity index (χ1v) is 8.87. The van der Waals surface area contributed by atoms with Crippen LogP contribution >= 0.6 is 11.6 Å². The van der Waals surface area contributed by atoms with Crippen LogP contribution in [-0.4, -0.2) is 12.0 Å². The number of benzene rings is 2. The summed E-state index contributed by atoms with van der Waals surface area (Å²) in [5.74, 6) is 0.513. The molecule has 2 atom stereocenters. The fraction of sp³-hybridized carbons (Fsp3) is 0.381. The van der Waals surface area contributed by atoms with Crippen LogP contribution in [0.5, 0.6) is 5.75 Å². The lowest BCUT2D eigenvalue weighted by molar-refractivity contribution is -0.127. The van der Waals surface area contributed by atoms with Crippen molar-refractivity contribution >= 4 is 17.5 Å². The van der Waals surface area contributed by atoms with Gasteiger partial charge in [-0.1, -0.05) is 35.4 Å². The van der Waals surface area contributed by atoms with Crippen LogP contribution in [-0.2, 0) is 4.79 Å². The Morgan fingerprint density at radius 1 is 1.00 bits per heavy atom. The van der Waals surface area contributed by atoms with Crippen molar-refractivity contribution in [3.05, 3.63) is 63.2 Å². The van der Waals surface area contributed by atoms with Gasteiger partial charge in [-0.25, -0.2) is 0 Å². The van der Waals surface area contributed by atoms with Crippen molar-refractivity contribution in [3.63, 3.8) is 0 Å². The third-order valence-corrected chi connectivity index (χ3v) is 4.94. The maximum atomic E-state index is 12.5. The molecule has 0 saturated carbocycles. The van der Waals surface area contributed by atoms with Gasteiger partial charge in [0.2, 0.25) is 0 Å². The molecule has 2 aromatic rings. The SMILES string of the molecule is Cc1ccc([C@H](C)NC(=O)[C@@H](C)Oc2cc(C)c(Cl)c(C)c2)c(C)c1. The molecule has 0 radical (unpaired) electrons. The van der Waals surface area contributed by atoms with E-state index in [4.69, 9.17) is 16.3 Å². The summed E-state index contributed by atoms with van der Waals surface area (Å²) >= 11 is 6.18. The van der Waals surface area contributed by atoms with Crippen LogP contribution in [0.2, 0.25) is 5.02 Å². The van der Waals surface area contributed by atoms with Crippen molar-refractivity contribution in [2.24, 2.45) is 0 Å². The Hall–Kier alpha value is -2.00. The average Bonchev–Trinajstić information content (AvgIpc) is 2.52. The Kier molecular flexibility index (Phi) is 6.12. The van der Waals surface area contributed by atoms with Gasteiger partial charge in [-0.05, 0) is 75.9 Å². The molecule has 134 valence electrons. The van der Waals surface area contributed by atoms with Crippen molar-refractivity contribution < 1.29 is 9.53 Å². The lowest BCUT2D eigenvalue weighted by atomic mass is 10.00. The van der Waals surface area contributed by atoms with Crippen LogP contribution in [0.1, 0.15) is 47.7 Å². The van der Waals surface area contributed by atoms with Gasteiger partial charge in [0.15, 0.2) is 6.10 Å². The first kappa shape index (κ1) is 19.3. The Morgan fingerprint density at radius 2 is 1.60 bits per heavy atom. The second-order valence-corrected chi connectivity index (χ2v) is 7.10. The molecule has 0 aromatic heterocycles. The standard InChI is InChI=1S/C21H26ClNO2/c1-12-7-8-19(13(2)9-12)16(5)23-21(24)17(6)25-18-10-14(3)20(22)15(4)11-18/h7-11,16-17H,1-6H3,(H,23,24)/t16-,17+/m0/s1. The number of aryl methyl sites for hydroxylation is 4. The van der Waals surface area contributed by atoms with Crippen molar-refractivity contribution in [1.82, 2.24) is 5.32 Å². The van der Waals surface area contributed by atoms with E-state index in [0.29, 0.717) is 5.75 Å². The molecule has 3 nitrogen and oxygen atoms in total. The van der Waals surface area contributed by atoms with Crippen LogP contribution in [0.4, 0.5) is 0 Å². The molecule has 0 saturated heterocycles. The van der Waals surface area contributed by atoms with Crippen molar-refractivity contribution in [2.75, 3.05) is 0 Å². The number of hydrogen-bond donors (Lipinski definition) is 1. The summed E-state index contributed by atoms with van der Waals surface area (Å²) < 4.78 is 5.81. The van der Waals surface area contributed by atoms with Gasteiger partial charge >= 0.3 is 0 Å². The van der Waals surface area contributed by atoms with Crippen molar-refractivity contribution in [2.45, 2.75) is 53.7 Å². The summed E-state index contributed by atoms with van der Waals surface area (Å²) in [6.45, 7) is 11.7. The maximum Gasteiger partial charge on any atom is 0.261 e. The van der Waals surface area contributed by atoms with E-state index in [1.54, 1.807) is 6.92 Å². The predicted octanol–water partition coefficient (Wildman–Crippen LogP) is 5.22. The van der Waals surface area contributed by atoms with Gasteiger partial charge in [0.05, 0.1) is 6.04 Å². The number of nitrogens with one attached hydrogen (secondary N) is 1. The Bertz CT molecular complexity index is 762. The fourth-order valence-corrected chi connectivity index (χ4v) is 3.06. The second kappa shape index (κ2) is 7.92. The topological polar surface area (TPSA) is 38.3 Å². The number of hydrogen-bond acceptors (Lipinski definition) is 2. The zero-order valence-electron chi connectivity index (χ0n) is 15.7. The highest BCUT2D eigenvalue weighted by Crippen LogP contribution is 2.26. The molecule has 2 aromatic carbocycles. The Labute approximate surface area is 155 Å². The van der Waals surface area contributed by atoms with Gasteiger partial charge in [-0.2, -0.15) is 0 Å². The third-order valence-electron chi connectivity index (χ3n) is 4.34. The highest BCUT2D eigenvalue weighted by molar-refractivity contribution is 6.32. The number of carbonyl (C=O) groups is 1. The van der Waals surface area contributed by atoms with Crippen LogP contribution in [0.15, 0.2) is 30.3 Å². The summed E-state index contributed by atoms with van der Waals surface area (Å²) in [4.78, 5) is 12.5. The largest absolute Gasteiger partial charge is 0.481 e. The van der Waals surface area contributed by atoms with Gasteiger partial charge in [0.25, 0.3) is 5.91 Å². The molecule has 1 amide bonds. The van der Waals surface area contributed by atoms with E-state index in [-0.39, 0.29) is 11.9 Å². The van der Waals surface area contributed by atoms with Crippen LogP contribution in [0.25, 0.3) is 0 Å². The van der Waals surface area contributed by atoms with Gasteiger partial charge in [-0.15, -0.1) is 0 Å². The lowest BCUT2D eigenvalue weighted by Gasteiger charge is -2.21. The van der Waals surface area contributed by atoms with E-state index >= 15 is 0 Å². The molecule has 1 N–H and O–H groups in total. The second-order valence-electron chi connectivity index (χ2n) is 6.72. The quantitative estimate of drug-likeness (QED) is 0.794. The summed E-state index contributed by atoms with van der Waals surface area (Å²) in [6.07, 6.45) is -0.590. The number of halogens is 1. The molecule has 0 aliphatic carbocycles. The molecule has 25 heavy (non-hydrogen) atoms. The highest BCUT2D eigenvalue weighted by Gasteiger charge is 2.19. The van der Waals surface area contributed by atoms with E-state index in [0.717, 1.165) is 21.7 Å². The summed E-state index contributed by atoms with van der Waals surface area (Å²) in [5.41, 5.74) is 5.38. The first-order chi connectivity index (χ1) is 11.7. The molecule has 0 bridgehead atoms. The molecule has 0 spiro atoms. The van der Waals surface area contributed by atoms with Crippen molar-refractivity contribution in [1.29, 1.82) is 0 Å². The molecule has 4 heteroatoms. The molecule has 0 aliphatic rings. The maximum absolute atomic E-state index is 12.5. The smallest absolute Gasteiger partial charge is 0.261 e. The molecule has 2 rings (SSSR count). The fourth-order valence-electron chi connectivity index (χ4n) is 2.95. The number of amides is 1. The first-order valence-electron chi connectivity index (χ1n) is 8.50. The average molecular weight is 360 g/mol. The highest BCUT2D eigenvalue weighted by atomic mass is 35.5. The van der Waals surface area contributed by atoms with Gasteiger partial charge in [-0.3, -0.25) is 4.79 Å². The summed E-state index contributed by atoms with van der Waals surface area (Å²) in [7, 11) is 0. The molecule has 0 heterocycles. The van der Waals surface area contributed by atoms with E-state index in [2.05, 4.69) is 37.4 Å². The van der Waals surface area contributed by atoms with Gasteiger partial charge in [0.1, 0.15) is 5.75 Å². The normalized spacial score (nSPS) is 13.2. The van der Waals surface area contributed by atoms with E-state index in [1.807, 2.05) is 32.9 Å². The number of ether oxygens (including phenoxy) is 1. The van der Waals surface area contributed by atoms with E-state index in [1.165, 1.54) is 11.1 Å². The van der Waals surface area contributed by atoms with Crippen molar-refractivity contribution in [3.8, 4) is 5.75 Å². The van der Waals surface area contributed by atoms with Crippen LogP contribution in [0.3, 0.4) is 0 Å². The molecule has 0 unspecified atom stereocenters. The summed E-state index contributed by atoms with van der Waals surface area (Å²) in [6, 6.07) is 9.88. The minimum Gasteiger partial charge on any atom is -0.481 e. The Balaban J connectivity index is 2.05. The minimum atomic E-state index is -0.590. The third kappa shape index (κ3) is 4.76. The van der Waals surface area contributed by atoms with Gasteiger partial charge in [0, 0.05) is 5.02 Å². The molecule has 0 aliphatic heterocycles. The van der Waals surface area contributed by atoms with Crippen LogP contribution in [0, 0.1) is 27.7 Å². The molecule has 0 fully saturated rings. The Morgan fingerprint density at radius 3 is 2.16 bits per heavy atom. The van der Waals surface area contributed by atoms with E-state index in [9.17, 15) is 4.79 Å². The molecular formula is C21H26ClNO2. The zero-order valence-corrected chi connectivity index (χ0v) is 16.5.